The van der Waals surface area contributed by atoms with Crippen molar-refractivity contribution in [1.29, 1.82) is 0 Å². The van der Waals surface area contributed by atoms with Crippen molar-refractivity contribution in [2.75, 3.05) is 18.4 Å². The second kappa shape index (κ2) is 9.61. The highest BCUT2D eigenvalue weighted by molar-refractivity contribution is 5.90. The quantitative estimate of drug-likeness (QED) is 0.337. The van der Waals surface area contributed by atoms with E-state index >= 15 is 0 Å². The molecule has 130 valence electrons. The molecule has 1 fully saturated rings. The summed E-state index contributed by atoms with van der Waals surface area (Å²) in [5, 5.41) is 14.2. The minimum absolute atomic E-state index is 0.0639. The van der Waals surface area contributed by atoms with Crippen molar-refractivity contribution in [2.24, 2.45) is 5.92 Å². The Bertz CT molecular complexity index is 568. The zero-order chi connectivity index (χ0) is 17.2. The standard InChI is InChI=1S/C16H23N5O3/c22-15(21-24)7-6-13-9-18-14(10-17-13)19-11-16(23)20-8-12-4-2-1-3-5-12/h6-7,9-10,12,24H,1-5,8,11H2,(H,18,19)(H,20,23)(H,21,22). The van der Waals surface area contributed by atoms with E-state index in [4.69, 9.17) is 5.21 Å². The fourth-order valence-corrected chi connectivity index (χ4v) is 2.60. The molecule has 0 radical (unpaired) electrons. The Morgan fingerprint density at radius 2 is 2.00 bits per heavy atom. The molecule has 1 saturated carbocycles. The molecule has 8 heteroatoms. The van der Waals surface area contributed by atoms with Crippen LogP contribution in [0, 0.1) is 5.92 Å². The maximum absolute atomic E-state index is 11.8. The number of amides is 2. The summed E-state index contributed by atoms with van der Waals surface area (Å²) in [6, 6.07) is 0. The minimum atomic E-state index is -0.645. The zero-order valence-electron chi connectivity index (χ0n) is 13.5. The molecule has 2 rings (SSSR count). The first-order valence-electron chi connectivity index (χ1n) is 8.12. The third-order valence-electron chi connectivity index (χ3n) is 3.93. The fourth-order valence-electron chi connectivity index (χ4n) is 2.60. The van der Waals surface area contributed by atoms with Gasteiger partial charge in [-0.15, -0.1) is 0 Å². The van der Waals surface area contributed by atoms with Crippen LogP contribution in [0.15, 0.2) is 18.5 Å². The molecule has 2 amide bonds. The Morgan fingerprint density at radius 1 is 1.21 bits per heavy atom. The molecular weight excluding hydrogens is 310 g/mol. The third-order valence-corrected chi connectivity index (χ3v) is 3.93. The number of rotatable bonds is 7. The van der Waals surface area contributed by atoms with Gasteiger partial charge in [-0.2, -0.15) is 0 Å². The van der Waals surface area contributed by atoms with Crippen LogP contribution in [0.5, 0.6) is 0 Å². The van der Waals surface area contributed by atoms with Gasteiger partial charge in [0, 0.05) is 12.6 Å². The fraction of sp³-hybridized carbons (Fsp3) is 0.500. The number of hydrogen-bond donors (Lipinski definition) is 4. The number of hydroxylamine groups is 1. The number of carbonyl (C=O) groups excluding carboxylic acids is 2. The smallest absolute Gasteiger partial charge is 0.267 e. The lowest BCUT2D eigenvalue weighted by atomic mass is 9.89. The molecule has 1 aliphatic rings. The average Bonchev–Trinajstić information content (AvgIpc) is 2.64. The Balaban J connectivity index is 1.70. The summed E-state index contributed by atoms with van der Waals surface area (Å²) in [4.78, 5) is 30.9. The first kappa shape index (κ1) is 17.9. The number of anilines is 1. The van der Waals surface area contributed by atoms with Gasteiger partial charge < -0.3 is 10.6 Å². The molecule has 1 aromatic rings. The molecule has 0 saturated heterocycles. The van der Waals surface area contributed by atoms with Crippen molar-refractivity contribution in [3.05, 3.63) is 24.2 Å². The van der Waals surface area contributed by atoms with E-state index in [2.05, 4.69) is 20.6 Å². The summed E-state index contributed by atoms with van der Waals surface area (Å²) in [6.45, 7) is 0.881. The van der Waals surface area contributed by atoms with Crippen LogP contribution in [0.25, 0.3) is 6.08 Å². The molecule has 1 heterocycles. The second-order valence-corrected chi connectivity index (χ2v) is 5.80. The molecule has 0 bridgehead atoms. The molecule has 0 atom stereocenters. The Kier molecular flexibility index (Phi) is 7.16. The molecule has 0 spiro atoms. The largest absolute Gasteiger partial charge is 0.360 e. The summed E-state index contributed by atoms with van der Waals surface area (Å²) in [5.41, 5.74) is 1.95. The van der Waals surface area contributed by atoms with Crippen molar-refractivity contribution < 1.29 is 14.8 Å². The van der Waals surface area contributed by atoms with Gasteiger partial charge in [-0.3, -0.25) is 19.8 Å². The van der Waals surface area contributed by atoms with Gasteiger partial charge in [-0.05, 0) is 24.8 Å². The van der Waals surface area contributed by atoms with Crippen LogP contribution in [0.4, 0.5) is 5.82 Å². The highest BCUT2D eigenvalue weighted by atomic mass is 16.5. The second-order valence-electron chi connectivity index (χ2n) is 5.80. The number of aromatic nitrogens is 2. The van der Waals surface area contributed by atoms with Gasteiger partial charge in [-0.25, -0.2) is 10.5 Å². The van der Waals surface area contributed by atoms with Gasteiger partial charge in [0.15, 0.2) is 0 Å². The van der Waals surface area contributed by atoms with E-state index < -0.39 is 5.91 Å². The Morgan fingerprint density at radius 3 is 2.67 bits per heavy atom. The summed E-state index contributed by atoms with van der Waals surface area (Å²) in [5.74, 6) is 0.371. The Labute approximate surface area is 140 Å². The van der Waals surface area contributed by atoms with Gasteiger partial charge in [-0.1, -0.05) is 19.3 Å². The van der Waals surface area contributed by atoms with Crippen LogP contribution in [-0.2, 0) is 9.59 Å². The van der Waals surface area contributed by atoms with Crippen LogP contribution in [0.2, 0.25) is 0 Å². The first-order valence-corrected chi connectivity index (χ1v) is 8.12. The summed E-state index contributed by atoms with van der Waals surface area (Å²) < 4.78 is 0. The van der Waals surface area contributed by atoms with Crippen LogP contribution in [0.1, 0.15) is 37.8 Å². The summed E-state index contributed by atoms with van der Waals surface area (Å²) in [7, 11) is 0. The Hall–Kier alpha value is -2.48. The minimum Gasteiger partial charge on any atom is -0.360 e. The highest BCUT2D eigenvalue weighted by Gasteiger charge is 2.14. The molecule has 1 aromatic heterocycles. The number of nitrogens with zero attached hydrogens (tertiary/aromatic N) is 2. The molecule has 8 nitrogen and oxygen atoms in total. The molecule has 0 aromatic carbocycles. The molecule has 1 aliphatic carbocycles. The van der Waals surface area contributed by atoms with E-state index in [0.29, 0.717) is 17.4 Å². The zero-order valence-corrected chi connectivity index (χ0v) is 13.5. The lowest BCUT2D eigenvalue weighted by molar-refractivity contribution is -0.124. The van der Waals surface area contributed by atoms with E-state index in [0.717, 1.165) is 12.6 Å². The van der Waals surface area contributed by atoms with Crippen molar-refractivity contribution in [3.8, 4) is 0 Å². The SMILES string of the molecule is O=C(C=Cc1cnc(NCC(=O)NCC2CCCCC2)cn1)NO. The van der Waals surface area contributed by atoms with E-state index in [9.17, 15) is 9.59 Å². The van der Waals surface area contributed by atoms with Crippen LogP contribution in [0.3, 0.4) is 0 Å². The van der Waals surface area contributed by atoms with Crippen molar-refractivity contribution in [3.63, 3.8) is 0 Å². The van der Waals surface area contributed by atoms with Gasteiger partial charge >= 0.3 is 0 Å². The van der Waals surface area contributed by atoms with Gasteiger partial charge in [0.25, 0.3) is 5.91 Å². The average molecular weight is 333 g/mol. The molecule has 24 heavy (non-hydrogen) atoms. The van der Waals surface area contributed by atoms with Gasteiger partial charge in [0.2, 0.25) is 5.91 Å². The molecule has 0 unspecified atom stereocenters. The normalized spacial score (nSPS) is 15.2. The lowest BCUT2D eigenvalue weighted by Crippen LogP contribution is -2.34. The first-order chi connectivity index (χ1) is 11.7. The highest BCUT2D eigenvalue weighted by Crippen LogP contribution is 2.22. The summed E-state index contributed by atoms with van der Waals surface area (Å²) in [6.07, 6.45) is 11.7. The van der Waals surface area contributed by atoms with E-state index in [1.54, 1.807) is 0 Å². The van der Waals surface area contributed by atoms with Crippen molar-refractivity contribution in [2.45, 2.75) is 32.1 Å². The lowest BCUT2D eigenvalue weighted by Gasteiger charge is -2.21. The van der Waals surface area contributed by atoms with E-state index in [1.165, 1.54) is 56.1 Å². The molecule has 4 N–H and O–H groups in total. The predicted molar refractivity (Wildman–Crippen MR) is 89.1 cm³/mol. The van der Waals surface area contributed by atoms with Crippen molar-refractivity contribution >= 4 is 23.7 Å². The predicted octanol–water partition coefficient (Wildman–Crippen LogP) is 1.10. The molecule has 0 aliphatic heterocycles. The summed E-state index contributed by atoms with van der Waals surface area (Å²) >= 11 is 0. The van der Waals surface area contributed by atoms with Crippen LogP contribution < -0.4 is 16.1 Å². The number of nitrogens with one attached hydrogen (secondary N) is 3. The van der Waals surface area contributed by atoms with Gasteiger partial charge in [0.05, 0.1) is 24.6 Å². The van der Waals surface area contributed by atoms with Gasteiger partial charge in [0.1, 0.15) is 5.82 Å². The third kappa shape index (κ3) is 6.33. The molecular formula is C16H23N5O3. The van der Waals surface area contributed by atoms with E-state index in [1.807, 2.05) is 0 Å². The maximum atomic E-state index is 11.8. The topological polar surface area (TPSA) is 116 Å². The monoisotopic (exact) mass is 333 g/mol. The van der Waals surface area contributed by atoms with Crippen LogP contribution in [-0.4, -0.2) is 40.1 Å². The van der Waals surface area contributed by atoms with Crippen LogP contribution >= 0.6 is 0 Å². The maximum Gasteiger partial charge on any atom is 0.267 e. The van der Waals surface area contributed by atoms with Crippen molar-refractivity contribution in [1.82, 2.24) is 20.8 Å². The van der Waals surface area contributed by atoms with E-state index in [-0.39, 0.29) is 12.5 Å². The number of carbonyl (C=O) groups is 2. The number of hydrogen-bond acceptors (Lipinski definition) is 6.